The van der Waals surface area contributed by atoms with E-state index in [0.29, 0.717) is 23.2 Å². The summed E-state index contributed by atoms with van der Waals surface area (Å²) in [6, 6.07) is 14.8. The molecular weight excluding hydrogens is 412 g/mol. The number of nitrogens with one attached hydrogen (secondary N) is 1. The zero-order valence-electron chi connectivity index (χ0n) is 17.6. The van der Waals surface area contributed by atoms with E-state index in [-0.39, 0.29) is 11.2 Å². The van der Waals surface area contributed by atoms with Gasteiger partial charge in [0.05, 0.1) is 7.11 Å². The summed E-state index contributed by atoms with van der Waals surface area (Å²) in [6.07, 6.45) is 1.25. The third-order valence-corrected chi connectivity index (χ3v) is 6.22. The normalized spacial score (nSPS) is 19.5. The minimum absolute atomic E-state index is 0.116. The third-order valence-electron chi connectivity index (χ3n) is 5.88. The minimum Gasteiger partial charge on any atom is -0.497 e. The van der Waals surface area contributed by atoms with E-state index in [1.807, 2.05) is 48.5 Å². The predicted octanol–water partition coefficient (Wildman–Crippen LogP) is 5.27. The average molecular weight is 435 g/mol. The number of ketones is 1. The second-order valence-corrected chi connectivity index (χ2v) is 9.22. The average Bonchev–Trinajstić information content (AvgIpc) is 3.15. The van der Waals surface area contributed by atoms with Crippen molar-refractivity contribution in [3.63, 3.8) is 0 Å². The summed E-state index contributed by atoms with van der Waals surface area (Å²) in [5, 5.41) is 8.79. The first-order valence-corrected chi connectivity index (χ1v) is 10.6. The van der Waals surface area contributed by atoms with Crippen molar-refractivity contribution in [3.8, 4) is 17.1 Å². The molecule has 0 bridgehead atoms. The summed E-state index contributed by atoms with van der Waals surface area (Å²) in [7, 11) is 1.63. The number of benzene rings is 2. The molecule has 0 saturated heterocycles. The van der Waals surface area contributed by atoms with E-state index in [0.717, 1.165) is 34.6 Å². The molecule has 1 aromatic heterocycles. The van der Waals surface area contributed by atoms with Gasteiger partial charge in [0.1, 0.15) is 11.8 Å². The largest absolute Gasteiger partial charge is 0.497 e. The number of methoxy groups -OCH3 is 1. The van der Waals surface area contributed by atoms with Crippen molar-refractivity contribution in [1.29, 1.82) is 0 Å². The highest BCUT2D eigenvalue weighted by molar-refractivity contribution is 6.31. The maximum atomic E-state index is 13.3. The molecule has 0 fully saturated rings. The molecule has 1 aliphatic heterocycles. The Labute approximate surface area is 185 Å². The van der Waals surface area contributed by atoms with E-state index in [1.165, 1.54) is 0 Å². The lowest BCUT2D eigenvalue weighted by Gasteiger charge is -2.38. The summed E-state index contributed by atoms with van der Waals surface area (Å²) in [6.45, 7) is 4.23. The van der Waals surface area contributed by atoms with Crippen LogP contribution in [-0.4, -0.2) is 27.7 Å². The van der Waals surface area contributed by atoms with Crippen LogP contribution in [0, 0.1) is 5.41 Å². The number of aromatic nitrogens is 3. The number of fused-ring (bicyclic) bond motifs is 1. The fourth-order valence-corrected chi connectivity index (χ4v) is 4.69. The first kappa shape index (κ1) is 19.8. The Balaban J connectivity index is 1.67. The maximum absolute atomic E-state index is 13.3. The van der Waals surface area contributed by atoms with Gasteiger partial charge in [-0.1, -0.05) is 43.6 Å². The highest BCUT2D eigenvalue weighted by atomic mass is 35.5. The number of hydrogen-bond acceptors (Lipinski definition) is 5. The lowest BCUT2D eigenvalue weighted by molar-refractivity contribution is -0.118. The summed E-state index contributed by atoms with van der Waals surface area (Å²) in [5.41, 5.74) is 3.23. The van der Waals surface area contributed by atoms with Crippen LogP contribution in [0.3, 0.4) is 0 Å². The van der Waals surface area contributed by atoms with Gasteiger partial charge in [0.15, 0.2) is 11.6 Å². The van der Waals surface area contributed by atoms with E-state index in [9.17, 15) is 4.79 Å². The van der Waals surface area contributed by atoms with Crippen LogP contribution in [0.5, 0.6) is 5.75 Å². The molecule has 31 heavy (non-hydrogen) atoms. The van der Waals surface area contributed by atoms with E-state index in [4.69, 9.17) is 26.4 Å². The van der Waals surface area contributed by atoms with E-state index in [2.05, 4.69) is 19.2 Å². The van der Waals surface area contributed by atoms with Crippen molar-refractivity contribution >= 4 is 23.3 Å². The highest BCUT2D eigenvalue weighted by Crippen LogP contribution is 2.46. The van der Waals surface area contributed by atoms with Crippen LogP contribution in [0.2, 0.25) is 5.02 Å². The van der Waals surface area contributed by atoms with Gasteiger partial charge in [0.2, 0.25) is 5.95 Å². The van der Waals surface area contributed by atoms with Crippen molar-refractivity contribution in [2.75, 3.05) is 12.4 Å². The van der Waals surface area contributed by atoms with Crippen LogP contribution >= 0.6 is 11.6 Å². The Morgan fingerprint density at radius 2 is 1.87 bits per heavy atom. The fourth-order valence-electron chi connectivity index (χ4n) is 4.46. The van der Waals surface area contributed by atoms with Gasteiger partial charge in [-0.3, -0.25) is 4.79 Å². The predicted molar refractivity (Wildman–Crippen MR) is 120 cm³/mol. The number of rotatable bonds is 3. The Hall–Kier alpha value is -3.12. The molecule has 1 aliphatic carbocycles. The lowest BCUT2D eigenvalue weighted by Crippen LogP contribution is -2.36. The molecule has 0 spiro atoms. The summed E-state index contributed by atoms with van der Waals surface area (Å²) < 4.78 is 7.04. The lowest BCUT2D eigenvalue weighted by atomic mass is 9.73. The molecule has 1 unspecified atom stereocenters. The topological polar surface area (TPSA) is 69.0 Å². The minimum atomic E-state index is -0.414. The molecule has 0 saturated carbocycles. The van der Waals surface area contributed by atoms with Crippen LogP contribution < -0.4 is 10.1 Å². The molecule has 1 N–H and O–H groups in total. The molecule has 6 nitrogen and oxygen atoms in total. The Kier molecular flexibility index (Phi) is 4.63. The Morgan fingerprint density at radius 3 is 2.58 bits per heavy atom. The van der Waals surface area contributed by atoms with Crippen LogP contribution in [0.1, 0.15) is 38.3 Å². The highest BCUT2D eigenvalue weighted by Gasteiger charge is 2.42. The van der Waals surface area contributed by atoms with Gasteiger partial charge in [-0.25, -0.2) is 4.68 Å². The molecule has 0 radical (unpaired) electrons. The van der Waals surface area contributed by atoms with Crippen LogP contribution in [0.25, 0.3) is 11.4 Å². The van der Waals surface area contributed by atoms with Crippen LogP contribution in [-0.2, 0) is 4.79 Å². The first-order chi connectivity index (χ1) is 14.9. The monoisotopic (exact) mass is 434 g/mol. The smallest absolute Gasteiger partial charge is 0.226 e. The molecule has 1 atom stereocenters. The third kappa shape index (κ3) is 3.41. The summed E-state index contributed by atoms with van der Waals surface area (Å²) >= 11 is 6.59. The van der Waals surface area contributed by atoms with Gasteiger partial charge in [-0.05, 0) is 42.2 Å². The van der Waals surface area contributed by atoms with Gasteiger partial charge in [0.25, 0.3) is 0 Å². The SMILES string of the molecule is COc1ccc(-c2nc3n(n2)C(c2ccccc2Cl)C2=C(CC(C)(C)CC2=O)N3)cc1. The van der Waals surface area contributed by atoms with Gasteiger partial charge in [0, 0.05) is 33.8 Å². The fraction of sp³-hybridized carbons (Fsp3) is 0.292. The number of Topliss-reactive ketones (excluding diaryl/α,β-unsaturated/α-hetero) is 1. The molecule has 5 rings (SSSR count). The summed E-state index contributed by atoms with van der Waals surface area (Å²) in [5.74, 6) is 2.08. The Bertz CT molecular complexity index is 1210. The number of hydrogen-bond donors (Lipinski definition) is 1. The second kappa shape index (κ2) is 7.24. The molecule has 2 aliphatic rings. The molecule has 0 amide bonds. The molecule has 158 valence electrons. The van der Waals surface area contributed by atoms with E-state index < -0.39 is 6.04 Å². The van der Waals surface area contributed by atoms with Crippen LogP contribution in [0.4, 0.5) is 5.95 Å². The number of ether oxygens (including phenoxy) is 1. The van der Waals surface area contributed by atoms with E-state index >= 15 is 0 Å². The standard InChI is InChI=1S/C24H23ClN4O2/c1-24(2)12-18-20(19(30)13-24)21(16-6-4-5-7-17(16)25)29-23(26-18)27-22(28-29)14-8-10-15(31-3)11-9-14/h4-11,21H,12-13H2,1-3H3,(H,26,27,28). The van der Waals surface area contributed by atoms with Crippen molar-refractivity contribution in [2.45, 2.75) is 32.7 Å². The molecule has 2 aromatic carbocycles. The number of halogens is 1. The maximum Gasteiger partial charge on any atom is 0.226 e. The van der Waals surface area contributed by atoms with Gasteiger partial charge in [-0.15, -0.1) is 5.10 Å². The second-order valence-electron chi connectivity index (χ2n) is 8.81. The molecule has 3 aromatic rings. The number of nitrogens with zero attached hydrogens (tertiary/aromatic N) is 3. The van der Waals surface area contributed by atoms with E-state index in [1.54, 1.807) is 11.8 Å². The zero-order valence-corrected chi connectivity index (χ0v) is 18.4. The quantitative estimate of drug-likeness (QED) is 0.608. The molecular formula is C24H23ClN4O2. The number of allylic oxidation sites excluding steroid dienone is 2. The van der Waals surface area contributed by atoms with Crippen molar-refractivity contribution in [3.05, 3.63) is 70.4 Å². The number of anilines is 1. The van der Waals surface area contributed by atoms with Gasteiger partial charge in [-0.2, -0.15) is 4.98 Å². The van der Waals surface area contributed by atoms with Crippen LogP contribution in [0.15, 0.2) is 59.8 Å². The molecule has 7 heteroatoms. The van der Waals surface area contributed by atoms with Gasteiger partial charge < -0.3 is 10.1 Å². The zero-order chi connectivity index (χ0) is 21.8. The first-order valence-electron chi connectivity index (χ1n) is 10.2. The molecule has 2 heterocycles. The van der Waals surface area contributed by atoms with Gasteiger partial charge >= 0.3 is 0 Å². The van der Waals surface area contributed by atoms with Crippen molar-refractivity contribution in [1.82, 2.24) is 14.8 Å². The Morgan fingerprint density at radius 1 is 1.13 bits per heavy atom. The number of carbonyl (C=O) groups excluding carboxylic acids is 1. The van der Waals surface area contributed by atoms with Crippen molar-refractivity contribution in [2.24, 2.45) is 5.41 Å². The number of carbonyl (C=O) groups is 1. The van der Waals surface area contributed by atoms with Crippen molar-refractivity contribution < 1.29 is 9.53 Å². The summed E-state index contributed by atoms with van der Waals surface area (Å²) in [4.78, 5) is 18.0.